The van der Waals surface area contributed by atoms with Gasteiger partial charge in [-0.05, 0) is 122 Å². The van der Waals surface area contributed by atoms with Crippen LogP contribution in [0.4, 0.5) is 17.1 Å². The van der Waals surface area contributed by atoms with Crippen molar-refractivity contribution in [2.24, 2.45) is 0 Å². The summed E-state index contributed by atoms with van der Waals surface area (Å²) in [7, 11) is 0. The van der Waals surface area contributed by atoms with Crippen LogP contribution in [0.2, 0.25) is 0 Å². The normalized spacial score (nSPS) is 11.6. The van der Waals surface area contributed by atoms with E-state index < -0.39 is 0 Å². The molecule has 0 aliphatic rings. The van der Waals surface area contributed by atoms with Gasteiger partial charge >= 0.3 is 0 Å². The molecular formula is C58H37NOS. The van der Waals surface area contributed by atoms with Crippen molar-refractivity contribution < 1.29 is 4.42 Å². The lowest BCUT2D eigenvalue weighted by molar-refractivity contribution is 0.669. The minimum atomic E-state index is 0.901. The van der Waals surface area contributed by atoms with E-state index in [-0.39, 0.29) is 0 Å². The molecule has 10 aromatic carbocycles. The fraction of sp³-hybridized carbons (Fsp3) is 0. The van der Waals surface area contributed by atoms with Gasteiger partial charge in [-0.25, -0.2) is 0 Å². The number of nitrogens with zero attached hydrogens (tertiary/aromatic N) is 1. The summed E-state index contributed by atoms with van der Waals surface area (Å²) in [5.41, 5.74) is 14.6. The van der Waals surface area contributed by atoms with Crippen LogP contribution in [0.1, 0.15) is 0 Å². The first-order chi connectivity index (χ1) is 30.2. The molecule has 0 saturated carbocycles. The average molecular weight is 796 g/mol. The predicted octanol–water partition coefficient (Wildman–Crippen LogP) is 17.2. The first-order valence-electron chi connectivity index (χ1n) is 20.7. The number of benzene rings is 10. The van der Waals surface area contributed by atoms with Crippen LogP contribution in [0.25, 0.3) is 97.4 Å². The number of para-hydroxylation sites is 1. The van der Waals surface area contributed by atoms with E-state index in [2.05, 4.69) is 217 Å². The Morgan fingerprint density at radius 1 is 0.311 bits per heavy atom. The molecule has 0 bridgehead atoms. The van der Waals surface area contributed by atoms with E-state index in [1.807, 2.05) is 23.5 Å². The highest BCUT2D eigenvalue weighted by Gasteiger charge is 2.17. The van der Waals surface area contributed by atoms with E-state index in [9.17, 15) is 0 Å². The molecule has 0 fully saturated rings. The minimum absolute atomic E-state index is 0.901. The Morgan fingerprint density at radius 3 is 1.67 bits per heavy atom. The SMILES string of the molecule is c1cc(-c2ccc3oc4ccccc4c3c2)cc(N(c2ccc(-c3ccc(-c4ccc5ccccc5c4)cc3)cc2)c2ccc(-c3cccc4c3sc3ccccc34)cc2)c1. The van der Waals surface area contributed by atoms with Gasteiger partial charge in [0.2, 0.25) is 0 Å². The zero-order chi connectivity index (χ0) is 40.3. The molecule has 12 rings (SSSR count). The lowest BCUT2D eigenvalue weighted by Gasteiger charge is -2.26. The van der Waals surface area contributed by atoms with E-state index in [1.165, 1.54) is 64.3 Å². The molecule has 0 amide bonds. The number of fused-ring (bicyclic) bond motifs is 7. The summed E-state index contributed by atoms with van der Waals surface area (Å²) in [6.45, 7) is 0. The van der Waals surface area contributed by atoms with Crippen molar-refractivity contribution in [1.82, 2.24) is 0 Å². The van der Waals surface area contributed by atoms with Crippen LogP contribution >= 0.6 is 11.3 Å². The fourth-order valence-corrected chi connectivity index (χ4v) is 10.2. The molecule has 0 aliphatic carbocycles. The van der Waals surface area contributed by atoms with Gasteiger partial charge in [0.05, 0.1) is 0 Å². The smallest absolute Gasteiger partial charge is 0.135 e. The third-order valence-electron chi connectivity index (χ3n) is 12.1. The van der Waals surface area contributed by atoms with Gasteiger partial charge in [0, 0.05) is 48.0 Å². The number of hydrogen-bond acceptors (Lipinski definition) is 3. The molecule has 3 heteroatoms. The summed E-state index contributed by atoms with van der Waals surface area (Å²) in [6, 6.07) is 81.3. The van der Waals surface area contributed by atoms with Gasteiger partial charge in [-0.3, -0.25) is 0 Å². The number of hydrogen-bond donors (Lipinski definition) is 0. The highest BCUT2D eigenvalue weighted by Crippen LogP contribution is 2.43. The Bertz CT molecular complexity index is 3580. The van der Waals surface area contributed by atoms with Gasteiger partial charge in [0.15, 0.2) is 0 Å². The Labute approximate surface area is 357 Å². The second kappa shape index (κ2) is 14.5. The van der Waals surface area contributed by atoms with Gasteiger partial charge in [0.25, 0.3) is 0 Å². The Balaban J connectivity index is 0.920. The fourth-order valence-electron chi connectivity index (χ4n) is 8.97. The Morgan fingerprint density at radius 2 is 0.869 bits per heavy atom. The molecular weight excluding hydrogens is 759 g/mol. The Hall–Kier alpha value is -7.72. The molecule has 2 aromatic heterocycles. The molecule has 0 spiro atoms. The zero-order valence-corrected chi connectivity index (χ0v) is 33.9. The van der Waals surface area contributed by atoms with Gasteiger partial charge in [-0.1, -0.05) is 158 Å². The lowest BCUT2D eigenvalue weighted by atomic mass is 9.98. The van der Waals surface area contributed by atoms with Crippen LogP contribution in [-0.2, 0) is 0 Å². The third-order valence-corrected chi connectivity index (χ3v) is 13.3. The van der Waals surface area contributed by atoms with Crippen LogP contribution in [0.3, 0.4) is 0 Å². The summed E-state index contributed by atoms with van der Waals surface area (Å²) in [4.78, 5) is 2.37. The van der Waals surface area contributed by atoms with E-state index in [4.69, 9.17) is 4.42 Å². The van der Waals surface area contributed by atoms with Crippen LogP contribution in [0, 0.1) is 0 Å². The van der Waals surface area contributed by atoms with Crippen LogP contribution < -0.4 is 4.90 Å². The van der Waals surface area contributed by atoms with Gasteiger partial charge in [0.1, 0.15) is 11.2 Å². The highest BCUT2D eigenvalue weighted by molar-refractivity contribution is 7.26. The number of rotatable bonds is 7. The predicted molar refractivity (Wildman–Crippen MR) is 261 cm³/mol. The Kier molecular flexibility index (Phi) is 8.39. The van der Waals surface area contributed by atoms with Crippen LogP contribution in [0.5, 0.6) is 0 Å². The molecule has 0 aliphatic heterocycles. The first-order valence-corrected chi connectivity index (χ1v) is 21.5. The topological polar surface area (TPSA) is 16.4 Å². The third kappa shape index (κ3) is 6.26. The summed E-state index contributed by atoms with van der Waals surface area (Å²) in [6.07, 6.45) is 0. The summed E-state index contributed by atoms with van der Waals surface area (Å²) >= 11 is 1.87. The van der Waals surface area contributed by atoms with E-state index in [0.717, 1.165) is 50.1 Å². The lowest BCUT2D eigenvalue weighted by Crippen LogP contribution is -2.10. The molecule has 0 N–H and O–H groups in total. The van der Waals surface area contributed by atoms with E-state index in [0.29, 0.717) is 0 Å². The maximum Gasteiger partial charge on any atom is 0.135 e. The van der Waals surface area contributed by atoms with Crippen molar-refractivity contribution in [2.45, 2.75) is 0 Å². The van der Waals surface area contributed by atoms with Crippen molar-refractivity contribution >= 4 is 81.3 Å². The van der Waals surface area contributed by atoms with Gasteiger partial charge in [-0.15, -0.1) is 11.3 Å². The summed E-state index contributed by atoms with van der Waals surface area (Å²) < 4.78 is 8.82. The van der Waals surface area contributed by atoms with Gasteiger partial charge < -0.3 is 9.32 Å². The zero-order valence-electron chi connectivity index (χ0n) is 33.1. The van der Waals surface area contributed by atoms with E-state index >= 15 is 0 Å². The first kappa shape index (κ1) is 35.2. The van der Waals surface area contributed by atoms with Crippen molar-refractivity contribution in [3.8, 4) is 44.5 Å². The maximum absolute atomic E-state index is 6.18. The van der Waals surface area contributed by atoms with Crippen molar-refractivity contribution in [2.75, 3.05) is 4.90 Å². The monoisotopic (exact) mass is 795 g/mol. The second-order valence-electron chi connectivity index (χ2n) is 15.7. The molecule has 286 valence electrons. The van der Waals surface area contributed by atoms with E-state index in [1.54, 1.807) is 0 Å². The number of thiophene rings is 1. The molecule has 2 nitrogen and oxygen atoms in total. The van der Waals surface area contributed by atoms with Crippen molar-refractivity contribution in [3.05, 3.63) is 224 Å². The average Bonchev–Trinajstić information content (AvgIpc) is 3.91. The number of anilines is 3. The van der Waals surface area contributed by atoms with Crippen molar-refractivity contribution in [3.63, 3.8) is 0 Å². The highest BCUT2D eigenvalue weighted by atomic mass is 32.1. The summed E-state index contributed by atoms with van der Waals surface area (Å²) in [5, 5.41) is 7.40. The molecule has 0 radical (unpaired) electrons. The van der Waals surface area contributed by atoms with Crippen molar-refractivity contribution in [1.29, 1.82) is 0 Å². The molecule has 0 unspecified atom stereocenters. The second-order valence-corrected chi connectivity index (χ2v) is 16.8. The molecule has 12 aromatic rings. The van der Waals surface area contributed by atoms with Gasteiger partial charge in [-0.2, -0.15) is 0 Å². The maximum atomic E-state index is 6.18. The quantitative estimate of drug-likeness (QED) is 0.160. The molecule has 2 heterocycles. The van der Waals surface area contributed by atoms with Crippen LogP contribution in [-0.4, -0.2) is 0 Å². The molecule has 0 saturated heterocycles. The largest absolute Gasteiger partial charge is 0.456 e. The number of furan rings is 1. The minimum Gasteiger partial charge on any atom is -0.456 e. The molecule has 61 heavy (non-hydrogen) atoms. The standard InChI is InChI=1S/C58H37NOS/c1-2-10-43-35-45(24-23-38(43)9-1)41-21-19-39(20-22-41)40-25-30-47(31-26-40)59(48-32-27-42(28-33-48)50-15-8-16-53-52-14-4-6-18-57(52)61-58(50)53)49-12-7-11-44(36-49)46-29-34-56-54(37-46)51-13-3-5-17-55(51)60-56/h1-37H. The summed E-state index contributed by atoms with van der Waals surface area (Å²) in [5.74, 6) is 0. The van der Waals surface area contributed by atoms with Crippen LogP contribution in [0.15, 0.2) is 229 Å². The molecule has 0 atom stereocenters.